The van der Waals surface area contributed by atoms with Crippen LogP contribution in [0.1, 0.15) is 0 Å². The van der Waals surface area contributed by atoms with Gasteiger partial charge >= 0.3 is 0 Å². The van der Waals surface area contributed by atoms with Gasteiger partial charge in [-0.25, -0.2) is 9.99 Å². The van der Waals surface area contributed by atoms with Gasteiger partial charge in [0.15, 0.2) is 0 Å². The molecule has 6 heteroatoms. The fourth-order valence-electron chi connectivity index (χ4n) is 1.40. The third-order valence-electron chi connectivity index (χ3n) is 2.29. The molecule has 1 saturated heterocycles. The number of anilines is 1. The molecule has 1 aliphatic heterocycles. The van der Waals surface area contributed by atoms with E-state index in [1.54, 1.807) is 19.4 Å². The van der Waals surface area contributed by atoms with Gasteiger partial charge in [-0.1, -0.05) is 0 Å². The van der Waals surface area contributed by atoms with Crippen LogP contribution in [0.5, 0.6) is 0 Å². The highest BCUT2D eigenvalue weighted by Gasteiger charge is 2.12. The van der Waals surface area contributed by atoms with Crippen LogP contribution in [-0.2, 0) is 11.8 Å². The van der Waals surface area contributed by atoms with Gasteiger partial charge in [-0.05, 0) is 0 Å². The lowest BCUT2D eigenvalue weighted by atomic mass is 10.5. The summed E-state index contributed by atoms with van der Waals surface area (Å²) in [6, 6.07) is 0. The zero-order chi connectivity index (χ0) is 10.7. The summed E-state index contributed by atoms with van der Waals surface area (Å²) in [5.74, 6) is 0.363. The zero-order valence-electron chi connectivity index (χ0n) is 8.64. The Labute approximate surface area is 87.5 Å². The first-order valence-corrected chi connectivity index (χ1v) is 4.88. The van der Waals surface area contributed by atoms with Crippen molar-refractivity contribution in [3.05, 3.63) is 22.7 Å². The van der Waals surface area contributed by atoms with Crippen LogP contribution in [0.4, 0.5) is 5.82 Å². The molecule has 82 valence electrons. The number of rotatable bonds is 2. The number of aryl methyl sites for hydroxylation is 1. The smallest absolute Gasteiger partial charge is 0.294 e. The number of nitrogens with zero attached hydrogens (tertiary/aromatic N) is 3. The van der Waals surface area contributed by atoms with Crippen molar-refractivity contribution in [2.45, 2.75) is 0 Å². The van der Waals surface area contributed by atoms with E-state index in [-0.39, 0.29) is 5.56 Å². The normalized spacial score (nSPS) is 17.7. The van der Waals surface area contributed by atoms with Crippen molar-refractivity contribution in [3.63, 3.8) is 0 Å². The van der Waals surface area contributed by atoms with E-state index in [2.05, 4.69) is 10.4 Å². The molecule has 0 radical (unpaired) electrons. The van der Waals surface area contributed by atoms with Crippen molar-refractivity contribution >= 4 is 5.82 Å². The first-order chi connectivity index (χ1) is 7.27. The molecular weight excluding hydrogens is 196 g/mol. The predicted molar refractivity (Wildman–Crippen MR) is 55.5 cm³/mol. The van der Waals surface area contributed by atoms with Gasteiger partial charge in [-0.2, -0.15) is 0 Å². The highest BCUT2D eigenvalue weighted by molar-refractivity contribution is 5.29. The number of nitrogens with one attached hydrogen (secondary N) is 1. The van der Waals surface area contributed by atoms with Crippen molar-refractivity contribution < 1.29 is 4.74 Å². The summed E-state index contributed by atoms with van der Waals surface area (Å²) in [6.45, 7) is 2.89. The highest BCUT2D eigenvalue weighted by atomic mass is 16.5. The van der Waals surface area contributed by atoms with Crippen LogP contribution < -0.4 is 11.0 Å². The number of aromatic nitrogens is 2. The molecule has 1 aliphatic rings. The van der Waals surface area contributed by atoms with Crippen molar-refractivity contribution in [2.75, 3.05) is 31.7 Å². The lowest BCUT2D eigenvalue weighted by Crippen LogP contribution is -2.42. The van der Waals surface area contributed by atoms with E-state index >= 15 is 0 Å². The predicted octanol–water partition coefficient (Wildman–Crippen LogP) is -0.561. The van der Waals surface area contributed by atoms with Crippen molar-refractivity contribution in [2.24, 2.45) is 7.05 Å². The first-order valence-electron chi connectivity index (χ1n) is 4.88. The Bertz CT molecular complexity index is 384. The summed E-state index contributed by atoms with van der Waals surface area (Å²) in [5, 5.41) is 1.94. The van der Waals surface area contributed by atoms with E-state index in [4.69, 9.17) is 4.74 Å². The van der Waals surface area contributed by atoms with Crippen LogP contribution in [0.3, 0.4) is 0 Å². The second kappa shape index (κ2) is 4.41. The van der Waals surface area contributed by atoms with Crippen LogP contribution in [0.15, 0.2) is 17.2 Å². The summed E-state index contributed by atoms with van der Waals surface area (Å²) in [4.78, 5) is 15.6. The minimum Gasteiger partial charge on any atom is -0.379 e. The summed E-state index contributed by atoms with van der Waals surface area (Å²) in [5.41, 5.74) is 2.88. The molecule has 1 fully saturated rings. The molecule has 0 aromatic carbocycles. The molecule has 2 heterocycles. The molecule has 1 N–H and O–H groups in total. The number of hydrogen-bond donors (Lipinski definition) is 1. The Morgan fingerprint density at radius 3 is 2.93 bits per heavy atom. The fourth-order valence-corrected chi connectivity index (χ4v) is 1.40. The average Bonchev–Trinajstić information content (AvgIpc) is 2.26. The lowest BCUT2D eigenvalue weighted by molar-refractivity contribution is 0.0494. The van der Waals surface area contributed by atoms with Gasteiger partial charge in [-0.15, -0.1) is 0 Å². The van der Waals surface area contributed by atoms with E-state index in [1.807, 2.05) is 5.01 Å². The number of morpholine rings is 1. The molecule has 1 aromatic heterocycles. The third kappa shape index (κ3) is 2.34. The third-order valence-corrected chi connectivity index (χ3v) is 2.29. The summed E-state index contributed by atoms with van der Waals surface area (Å²) in [6.07, 6.45) is 3.23. The van der Waals surface area contributed by atoms with E-state index in [0.717, 1.165) is 13.1 Å². The van der Waals surface area contributed by atoms with Crippen molar-refractivity contribution in [1.29, 1.82) is 0 Å². The largest absolute Gasteiger partial charge is 0.379 e. The van der Waals surface area contributed by atoms with Gasteiger partial charge in [0.1, 0.15) is 0 Å². The molecule has 15 heavy (non-hydrogen) atoms. The topological polar surface area (TPSA) is 59.4 Å². The molecule has 0 bridgehead atoms. The Kier molecular flexibility index (Phi) is 2.98. The number of hydrogen-bond acceptors (Lipinski definition) is 5. The van der Waals surface area contributed by atoms with Gasteiger partial charge < -0.3 is 9.30 Å². The Hall–Kier alpha value is -1.40. The highest BCUT2D eigenvalue weighted by Crippen LogP contribution is 1.99. The van der Waals surface area contributed by atoms with Gasteiger partial charge in [-0.3, -0.25) is 10.2 Å². The average molecular weight is 210 g/mol. The van der Waals surface area contributed by atoms with Gasteiger partial charge in [0.2, 0.25) is 5.82 Å². The van der Waals surface area contributed by atoms with E-state index in [1.165, 1.54) is 4.57 Å². The Morgan fingerprint density at radius 1 is 1.47 bits per heavy atom. The summed E-state index contributed by atoms with van der Waals surface area (Å²) in [7, 11) is 1.70. The minimum atomic E-state index is -0.121. The van der Waals surface area contributed by atoms with Crippen molar-refractivity contribution in [3.8, 4) is 0 Å². The van der Waals surface area contributed by atoms with Crippen LogP contribution >= 0.6 is 0 Å². The molecule has 0 spiro atoms. The molecule has 0 aliphatic carbocycles. The molecule has 0 atom stereocenters. The molecule has 0 unspecified atom stereocenters. The molecular formula is C9H14N4O2. The fraction of sp³-hybridized carbons (Fsp3) is 0.556. The van der Waals surface area contributed by atoms with E-state index < -0.39 is 0 Å². The quantitative estimate of drug-likeness (QED) is 0.709. The molecule has 0 amide bonds. The molecule has 0 saturated carbocycles. The maximum atomic E-state index is 11.6. The van der Waals surface area contributed by atoms with Crippen LogP contribution in [0, 0.1) is 0 Å². The molecule has 2 rings (SSSR count). The summed E-state index contributed by atoms with van der Waals surface area (Å²) < 4.78 is 6.70. The maximum absolute atomic E-state index is 11.6. The van der Waals surface area contributed by atoms with E-state index in [9.17, 15) is 4.79 Å². The van der Waals surface area contributed by atoms with Crippen molar-refractivity contribution in [1.82, 2.24) is 14.6 Å². The number of hydrazine groups is 1. The second-order valence-electron chi connectivity index (χ2n) is 3.40. The van der Waals surface area contributed by atoms with E-state index in [0.29, 0.717) is 19.0 Å². The summed E-state index contributed by atoms with van der Waals surface area (Å²) >= 11 is 0. The van der Waals surface area contributed by atoms with Crippen LogP contribution in [0.2, 0.25) is 0 Å². The van der Waals surface area contributed by atoms with Crippen LogP contribution in [-0.4, -0.2) is 40.9 Å². The minimum absolute atomic E-state index is 0.121. The standard InChI is InChI=1S/C9H14N4O2/c1-12-3-2-10-8(9(12)14)11-13-4-6-15-7-5-13/h2-3H,4-7H2,1H3,(H,10,11). The first kappa shape index (κ1) is 10.1. The Balaban J connectivity index is 2.09. The SMILES string of the molecule is Cn1ccnc(NN2CCOCC2)c1=O. The monoisotopic (exact) mass is 210 g/mol. The van der Waals surface area contributed by atoms with Gasteiger partial charge in [0.05, 0.1) is 13.2 Å². The molecule has 6 nitrogen and oxygen atoms in total. The van der Waals surface area contributed by atoms with Gasteiger partial charge in [0, 0.05) is 32.5 Å². The lowest BCUT2D eigenvalue weighted by Gasteiger charge is -2.27. The maximum Gasteiger partial charge on any atom is 0.294 e. The number of ether oxygens (including phenoxy) is 1. The Morgan fingerprint density at radius 2 is 2.20 bits per heavy atom. The van der Waals surface area contributed by atoms with Gasteiger partial charge in [0.25, 0.3) is 5.56 Å². The molecule has 1 aromatic rings. The zero-order valence-corrected chi connectivity index (χ0v) is 8.64. The van der Waals surface area contributed by atoms with Crippen LogP contribution in [0.25, 0.3) is 0 Å². The second-order valence-corrected chi connectivity index (χ2v) is 3.40.